The van der Waals surface area contributed by atoms with E-state index in [-0.39, 0.29) is 18.2 Å². The summed E-state index contributed by atoms with van der Waals surface area (Å²) in [6, 6.07) is 0. The summed E-state index contributed by atoms with van der Waals surface area (Å²) in [6.07, 6.45) is 1.96. The van der Waals surface area contributed by atoms with Crippen molar-refractivity contribution in [3.8, 4) is 0 Å². The van der Waals surface area contributed by atoms with Crippen LogP contribution in [0.5, 0.6) is 0 Å². The molecule has 0 aromatic rings. The molecule has 1 amide bonds. The first-order chi connectivity index (χ1) is 7.50. The molecule has 92 valence electrons. The number of carboxylic acids is 1. The minimum Gasteiger partial charge on any atom is -0.481 e. The van der Waals surface area contributed by atoms with E-state index in [1.165, 1.54) is 0 Å². The molecule has 0 radical (unpaired) electrons. The zero-order valence-electron chi connectivity index (χ0n) is 9.98. The van der Waals surface area contributed by atoms with E-state index >= 15 is 0 Å². The fourth-order valence-electron chi connectivity index (χ4n) is 1.47. The van der Waals surface area contributed by atoms with Crippen molar-refractivity contribution in [1.29, 1.82) is 0 Å². The average Bonchev–Trinajstić information content (AvgIpc) is 2.99. The zero-order valence-corrected chi connectivity index (χ0v) is 9.98. The molecular formula is C11H20N2O3. The van der Waals surface area contributed by atoms with Crippen LogP contribution < -0.4 is 0 Å². The maximum absolute atomic E-state index is 11.8. The lowest BCUT2D eigenvalue weighted by Gasteiger charge is -2.23. The van der Waals surface area contributed by atoms with Gasteiger partial charge in [-0.2, -0.15) is 0 Å². The fraction of sp³-hybridized carbons (Fsp3) is 0.818. The summed E-state index contributed by atoms with van der Waals surface area (Å²) in [7, 11) is 3.88. The van der Waals surface area contributed by atoms with Gasteiger partial charge in [0.15, 0.2) is 0 Å². The van der Waals surface area contributed by atoms with Gasteiger partial charge in [-0.25, -0.2) is 0 Å². The van der Waals surface area contributed by atoms with Crippen LogP contribution in [0.25, 0.3) is 0 Å². The van der Waals surface area contributed by atoms with Crippen molar-refractivity contribution in [3.63, 3.8) is 0 Å². The van der Waals surface area contributed by atoms with Crippen LogP contribution in [-0.2, 0) is 9.59 Å². The summed E-state index contributed by atoms with van der Waals surface area (Å²) in [4.78, 5) is 26.0. The number of rotatable bonds is 7. The Bertz CT molecular complexity index is 262. The van der Waals surface area contributed by atoms with E-state index in [2.05, 4.69) is 0 Å². The van der Waals surface area contributed by atoms with Gasteiger partial charge in [-0.15, -0.1) is 0 Å². The molecule has 1 saturated carbocycles. The van der Waals surface area contributed by atoms with Crippen LogP contribution in [0, 0.1) is 5.92 Å². The molecule has 0 aromatic heterocycles. The van der Waals surface area contributed by atoms with Gasteiger partial charge in [-0.3, -0.25) is 9.59 Å². The Hall–Kier alpha value is -1.10. The van der Waals surface area contributed by atoms with Crippen LogP contribution >= 0.6 is 0 Å². The highest BCUT2D eigenvalue weighted by Gasteiger charge is 2.33. The number of carbonyl (C=O) groups excluding carboxylic acids is 1. The molecule has 0 heterocycles. The maximum Gasteiger partial charge on any atom is 0.305 e. The summed E-state index contributed by atoms with van der Waals surface area (Å²) in [5.74, 6) is -0.558. The first kappa shape index (κ1) is 13.0. The quantitative estimate of drug-likeness (QED) is 0.679. The second kappa shape index (κ2) is 5.84. The van der Waals surface area contributed by atoms with Gasteiger partial charge in [0.25, 0.3) is 0 Å². The van der Waals surface area contributed by atoms with E-state index in [1.54, 1.807) is 4.90 Å². The second-order valence-electron chi connectivity index (χ2n) is 4.55. The molecule has 0 spiro atoms. The largest absolute Gasteiger partial charge is 0.481 e. The number of likely N-dealkylation sites (N-methyl/N-ethyl adjacent to an activating group) is 1. The molecule has 0 aromatic carbocycles. The summed E-state index contributed by atoms with van der Waals surface area (Å²) in [6.45, 7) is 1.73. The average molecular weight is 228 g/mol. The molecule has 0 bridgehead atoms. The van der Waals surface area contributed by atoms with Crippen molar-refractivity contribution >= 4 is 11.9 Å². The first-order valence-electron chi connectivity index (χ1n) is 5.66. The van der Waals surface area contributed by atoms with Crippen LogP contribution in [-0.4, -0.2) is 60.5 Å². The number of aliphatic carboxylic acids is 1. The summed E-state index contributed by atoms with van der Waals surface area (Å²) >= 11 is 0. The van der Waals surface area contributed by atoms with Gasteiger partial charge in [-0.1, -0.05) is 0 Å². The van der Waals surface area contributed by atoms with Gasteiger partial charge in [0.1, 0.15) is 0 Å². The highest BCUT2D eigenvalue weighted by molar-refractivity contribution is 5.81. The number of nitrogens with zero attached hydrogens (tertiary/aromatic N) is 2. The molecule has 1 aliphatic rings. The Kier molecular flexibility index (Phi) is 4.73. The van der Waals surface area contributed by atoms with E-state index in [4.69, 9.17) is 5.11 Å². The standard InChI is InChI=1S/C11H20N2O3/c1-12(2)7-8-13(6-5-10(14)15)11(16)9-3-4-9/h9H,3-8H2,1-2H3,(H,14,15). The van der Waals surface area contributed by atoms with Crippen molar-refractivity contribution in [3.05, 3.63) is 0 Å². The first-order valence-corrected chi connectivity index (χ1v) is 5.66. The normalized spacial score (nSPS) is 15.2. The third-order valence-corrected chi connectivity index (χ3v) is 2.65. The third-order valence-electron chi connectivity index (χ3n) is 2.65. The lowest BCUT2D eigenvalue weighted by molar-refractivity contribution is -0.138. The predicted molar refractivity (Wildman–Crippen MR) is 60.1 cm³/mol. The van der Waals surface area contributed by atoms with Crippen molar-refractivity contribution < 1.29 is 14.7 Å². The SMILES string of the molecule is CN(C)CCN(CCC(=O)O)C(=O)C1CC1. The predicted octanol–water partition coefficient (Wildman–Crippen LogP) is 0.261. The van der Waals surface area contributed by atoms with Gasteiger partial charge >= 0.3 is 5.97 Å². The molecule has 1 fully saturated rings. The van der Waals surface area contributed by atoms with Crippen LogP contribution in [0.2, 0.25) is 0 Å². The zero-order chi connectivity index (χ0) is 12.1. The van der Waals surface area contributed by atoms with Crippen LogP contribution in [0.15, 0.2) is 0 Å². The van der Waals surface area contributed by atoms with E-state index in [0.717, 1.165) is 19.4 Å². The summed E-state index contributed by atoms with van der Waals surface area (Å²) in [5, 5.41) is 8.63. The highest BCUT2D eigenvalue weighted by Crippen LogP contribution is 2.30. The molecule has 0 atom stereocenters. The van der Waals surface area contributed by atoms with Crippen LogP contribution in [0.1, 0.15) is 19.3 Å². The molecule has 1 rings (SSSR count). The van der Waals surface area contributed by atoms with Gasteiger partial charge < -0.3 is 14.9 Å². The van der Waals surface area contributed by atoms with Crippen molar-refractivity contribution in [2.75, 3.05) is 33.7 Å². The van der Waals surface area contributed by atoms with E-state index in [1.807, 2.05) is 19.0 Å². The smallest absolute Gasteiger partial charge is 0.305 e. The number of carboxylic acid groups (broad SMARTS) is 1. The van der Waals surface area contributed by atoms with E-state index < -0.39 is 5.97 Å². The third kappa shape index (κ3) is 4.61. The number of hydrogen-bond donors (Lipinski definition) is 1. The van der Waals surface area contributed by atoms with Gasteiger partial charge in [0.2, 0.25) is 5.91 Å². The molecular weight excluding hydrogens is 208 g/mol. The van der Waals surface area contributed by atoms with Gasteiger partial charge in [-0.05, 0) is 26.9 Å². The van der Waals surface area contributed by atoms with Crippen LogP contribution in [0.3, 0.4) is 0 Å². The molecule has 5 heteroatoms. The van der Waals surface area contributed by atoms with E-state index in [0.29, 0.717) is 13.1 Å². The molecule has 1 N–H and O–H groups in total. The lowest BCUT2D eigenvalue weighted by atomic mass is 10.3. The molecule has 0 unspecified atom stereocenters. The lowest BCUT2D eigenvalue weighted by Crippen LogP contribution is -2.38. The fourth-order valence-corrected chi connectivity index (χ4v) is 1.47. The summed E-state index contributed by atoms with van der Waals surface area (Å²) < 4.78 is 0. The minimum atomic E-state index is -0.849. The van der Waals surface area contributed by atoms with Gasteiger partial charge in [0.05, 0.1) is 6.42 Å². The molecule has 16 heavy (non-hydrogen) atoms. The number of carbonyl (C=O) groups is 2. The Balaban J connectivity index is 2.39. The topological polar surface area (TPSA) is 60.9 Å². The van der Waals surface area contributed by atoms with Crippen molar-refractivity contribution in [2.24, 2.45) is 5.92 Å². The molecule has 0 saturated heterocycles. The van der Waals surface area contributed by atoms with Crippen molar-refractivity contribution in [2.45, 2.75) is 19.3 Å². The number of hydrogen-bond acceptors (Lipinski definition) is 3. The Labute approximate surface area is 96.0 Å². The van der Waals surface area contributed by atoms with Crippen LogP contribution in [0.4, 0.5) is 0 Å². The minimum absolute atomic E-state index is 0.0336. The van der Waals surface area contributed by atoms with Gasteiger partial charge in [0, 0.05) is 25.6 Å². The molecule has 0 aliphatic heterocycles. The second-order valence-corrected chi connectivity index (χ2v) is 4.55. The number of amides is 1. The molecule has 5 nitrogen and oxygen atoms in total. The Morgan fingerprint density at radius 2 is 1.81 bits per heavy atom. The van der Waals surface area contributed by atoms with E-state index in [9.17, 15) is 9.59 Å². The highest BCUT2D eigenvalue weighted by atomic mass is 16.4. The van der Waals surface area contributed by atoms with Crippen molar-refractivity contribution in [1.82, 2.24) is 9.80 Å². The Morgan fingerprint density at radius 3 is 2.25 bits per heavy atom. The monoisotopic (exact) mass is 228 g/mol. The summed E-state index contributed by atoms with van der Waals surface area (Å²) in [5.41, 5.74) is 0. The Morgan fingerprint density at radius 1 is 1.19 bits per heavy atom. The molecule has 1 aliphatic carbocycles. The maximum atomic E-state index is 11.8.